The highest BCUT2D eigenvalue weighted by molar-refractivity contribution is 5.94. The fourth-order valence-electron chi connectivity index (χ4n) is 1.75. The summed E-state index contributed by atoms with van der Waals surface area (Å²) in [5.41, 5.74) is 0.255. The Hall–Kier alpha value is -1.72. The molecule has 1 fully saturated rings. The van der Waals surface area contributed by atoms with E-state index in [9.17, 15) is 13.6 Å². The number of ether oxygens (including phenoxy) is 1. The third-order valence-corrected chi connectivity index (χ3v) is 2.64. The maximum absolute atomic E-state index is 12.7. The molecule has 0 aliphatic heterocycles. The molecule has 1 saturated carbocycles. The van der Waals surface area contributed by atoms with Gasteiger partial charge < -0.3 is 10.1 Å². The molecular formula is C11H12F2N2O2. The van der Waals surface area contributed by atoms with E-state index in [1.54, 1.807) is 6.07 Å². The zero-order valence-corrected chi connectivity index (χ0v) is 9.24. The van der Waals surface area contributed by atoms with Gasteiger partial charge in [-0.05, 0) is 12.1 Å². The van der Waals surface area contributed by atoms with Crippen LogP contribution >= 0.6 is 0 Å². The minimum atomic E-state index is -2.60. The summed E-state index contributed by atoms with van der Waals surface area (Å²) in [5, 5.41) is 2.83. The highest BCUT2D eigenvalue weighted by Gasteiger charge is 2.45. The predicted octanol–water partition coefficient (Wildman–Crippen LogP) is 2.08. The van der Waals surface area contributed by atoms with Gasteiger partial charge in [-0.25, -0.2) is 18.6 Å². The highest BCUT2D eigenvalue weighted by Crippen LogP contribution is 2.39. The van der Waals surface area contributed by atoms with Gasteiger partial charge >= 0.3 is 5.97 Å². The third kappa shape index (κ3) is 2.51. The molecule has 2 rings (SSSR count). The summed E-state index contributed by atoms with van der Waals surface area (Å²) >= 11 is 0. The van der Waals surface area contributed by atoms with Gasteiger partial charge in [-0.15, -0.1) is 0 Å². The monoisotopic (exact) mass is 242 g/mol. The molecule has 1 aromatic heterocycles. The first-order valence-corrected chi connectivity index (χ1v) is 5.19. The predicted molar refractivity (Wildman–Crippen MR) is 57.2 cm³/mol. The maximum Gasteiger partial charge on any atom is 0.341 e. The van der Waals surface area contributed by atoms with E-state index >= 15 is 0 Å². The Labute approximate surface area is 97.0 Å². The zero-order chi connectivity index (χ0) is 12.5. The molecular weight excluding hydrogens is 230 g/mol. The van der Waals surface area contributed by atoms with Crippen LogP contribution < -0.4 is 5.32 Å². The zero-order valence-electron chi connectivity index (χ0n) is 9.24. The molecule has 0 spiro atoms. The molecule has 4 nitrogen and oxygen atoms in total. The standard InChI is InChI=1S/C11H12F2N2O2/c1-17-10(16)8-3-2-4-14-9(8)15-7-5-11(12,13)6-7/h2-4,7H,5-6H2,1H3,(H,14,15). The number of methoxy groups -OCH3 is 1. The Morgan fingerprint density at radius 2 is 2.29 bits per heavy atom. The van der Waals surface area contributed by atoms with Crippen molar-refractivity contribution < 1.29 is 18.3 Å². The van der Waals surface area contributed by atoms with Crippen LogP contribution in [0.3, 0.4) is 0 Å². The van der Waals surface area contributed by atoms with Crippen LogP contribution in [0.4, 0.5) is 14.6 Å². The lowest BCUT2D eigenvalue weighted by atomic mass is 9.88. The lowest BCUT2D eigenvalue weighted by Gasteiger charge is -2.35. The van der Waals surface area contributed by atoms with Crippen molar-refractivity contribution in [2.75, 3.05) is 12.4 Å². The summed E-state index contributed by atoms with van der Waals surface area (Å²) in [5.74, 6) is -2.84. The van der Waals surface area contributed by atoms with Gasteiger partial charge in [0, 0.05) is 25.1 Å². The number of alkyl halides is 2. The first kappa shape index (κ1) is 11.8. The quantitative estimate of drug-likeness (QED) is 0.824. The Morgan fingerprint density at radius 1 is 1.59 bits per heavy atom. The van der Waals surface area contributed by atoms with Crippen LogP contribution in [-0.4, -0.2) is 30.0 Å². The first-order valence-electron chi connectivity index (χ1n) is 5.19. The minimum absolute atomic E-state index is 0.232. The topological polar surface area (TPSA) is 51.2 Å². The summed E-state index contributed by atoms with van der Waals surface area (Å²) in [6.45, 7) is 0. The molecule has 0 saturated heterocycles. The number of anilines is 1. The van der Waals surface area contributed by atoms with Crippen LogP contribution in [0.2, 0.25) is 0 Å². The fraction of sp³-hybridized carbons (Fsp3) is 0.455. The number of carbonyl (C=O) groups excluding carboxylic acids is 1. The number of nitrogens with one attached hydrogen (secondary N) is 1. The van der Waals surface area contributed by atoms with Crippen LogP contribution in [-0.2, 0) is 4.74 Å². The van der Waals surface area contributed by atoms with Crippen LogP contribution in [0, 0.1) is 0 Å². The van der Waals surface area contributed by atoms with E-state index in [4.69, 9.17) is 0 Å². The lowest BCUT2D eigenvalue weighted by molar-refractivity contribution is -0.0794. The fourth-order valence-corrected chi connectivity index (χ4v) is 1.75. The molecule has 1 aromatic rings. The van der Waals surface area contributed by atoms with E-state index in [0.717, 1.165) is 0 Å². The van der Waals surface area contributed by atoms with Gasteiger partial charge in [0.2, 0.25) is 0 Å². The number of hydrogen-bond donors (Lipinski definition) is 1. The summed E-state index contributed by atoms with van der Waals surface area (Å²) in [4.78, 5) is 15.4. The Balaban J connectivity index is 2.08. The van der Waals surface area contributed by atoms with E-state index in [0.29, 0.717) is 5.82 Å². The smallest absolute Gasteiger partial charge is 0.341 e. The van der Waals surface area contributed by atoms with E-state index in [-0.39, 0.29) is 24.4 Å². The molecule has 6 heteroatoms. The van der Waals surface area contributed by atoms with Gasteiger partial charge in [0.1, 0.15) is 11.4 Å². The van der Waals surface area contributed by atoms with Crippen LogP contribution in [0.15, 0.2) is 18.3 Å². The summed E-state index contributed by atoms with van der Waals surface area (Å²) in [7, 11) is 1.26. The summed E-state index contributed by atoms with van der Waals surface area (Å²) in [6, 6.07) is 2.79. The molecule has 1 heterocycles. The highest BCUT2D eigenvalue weighted by atomic mass is 19.3. The molecule has 1 aliphatic carbocycles. The van der Waals surface area contributed by atoms with E-state index in [1.165, 1.54) is 19.4 Å². The molecule has 1 N–H and O–H groups in total. The second kappa shape index (κ2) is 4.27. The van der Waals surface area contributed by atoms with Gasteiger partial charge in [-0.2, -0.15) is 0 Å². The van der Waals surface area contributed by atoms with Crippen molar-refractivity contribution in [1.29, 1.82) is 0 Å². The average Bonchev–Trinajstić information content (AvgIpc) is 2.26. The van der Waals surface area contributed by atoms with Gasteiger partial charge in [-0.3, -0.25) is 0 Å². The average molecular weight is 242 g/mol. The molecule has 0 unspecified atom stereocenters. The Kier molecular flexibility index (Phi) is 2.95. The van der Waals surface area contributed by atoms with Crippen LogP contribution in [0.5, 0.6) is 0 Å². The largest absolute Gasteiger partial charge is 0.465 e. The molecule has 0 aromatic carbocycles. The number of halogens is 2. The number of aromatic nitrogens is 1. The van der Waals surface area contributed by atoms with Crippen molar-refractivity contribution >= 4 is 11.8 Å². The summed E-state index contributed by atoms with van der Waals surface area (Å²) in [6.07, 6.45) is 1.03. The molecule has 0 amide bonds. The first-order chi connectivity index (χ1) is 8.02. The number of pyridine rings is 1. The number of nitrogens with zero attached hydrogens (tertiary/aromatic N) is 1. The van der Waals surface area contributed by atoms with Crippen molar-refractivity contribution in [3.05, 3.63) is 23.9 Å². The number of carbonyl (C=O) groups is 1. The molecule has 17 heavy (non-hydrogen) atoms. The molecule has 92 valence electrons. The van der Waals surface area contributed by atoms with E-state index in [2.05, 4.69) is 15.0 Å². The second-order valence-corrected chi connectivity index (χ2v) is 4.00. The Bertz CT molecular complexity index is 429. The van der Waals surface area contributed by atoms with Crippen LogP contribution in [0.1, 0.15) is 23.2 Å². The van der Waals surface area contributed by atoms with Crippen LogP contribution in [0.25, 0.3) is 0 Å². The van der Waals surface area contributed by atoms with Crippen molar-refractivity contribution in [1.82, 2.24) is 4.98 Å². The lowest BCUT2D eigenvalue weighted by Crippen LogP contribution is -2.44. The van der Waals surface area contributed by atoms with Gasteiger partial charge in [0.05, 0.1) is 7.11 Å². The van der Waals surface area contributed by atoms with Crippen molar-refractivity contribution in [3.63, 3.8) is 0 Å². The van der Waals surface area contributed by atoms with Gasteiger partial charge in [0.25, 0.3) is 5.92 Å². The van der Waals surface area contributed by atoms with Gasteiger partial charge in [0.15, 0.2) is 0 Å². The number of rotatable bonds is 3. The van der Waals surface area contributed by atoms with Crippen molar-refractivity contribution in [2.45, 2.75) is 24.8 Å². The maximum atomic E-state index is 12.7. The van der Waals surface area contributed by atoms with E-state index < -0.39 is 11.9 Å². The summed E-state index contributed by atoms with van der Waals surface area (Å²) < 4.78 is 29.9. The molecule has 0 bridgehead atoms. The molecule has 1 aliphatic rings. The number of hydrogen-bond acceptors (Lipinski definition) is 4. The van der Waals surface area contributed by atoms with Crippen molar-refractivity contribution in [3.8, 4) is 0 Å². The number of esters is 1. The van der Waals surface area contributed by atoms with Crippen molar-refractivity contribution in [2.24, 2.45) is 0 Å². The second-order valence-electron chi connectivity index (χ2n) is 4.00. The van der Waals surface area contributed by atoms with Gasteiger partial charge in [-0.1, -0.05) is 0 Å². The molecule has 0 radical (unpaired) electrons. The SMILES string of the molecule is COC(=O)c1cccnc1NC1CC(F)(F)C1. The van der Waals surface area contributed by atoms with E-state index in [1.807, 2.05) is 0 Å². The Morgan fingerprint density at radius 3 is 2.88 bits per heavy atom. The minimum Gasteiger partial charge on any atom is -0.465 e. The third-order valence-electron chi connectivity index (χ3n) is 2.64. The molecule has 0 atom stereocenters. The normalized spacial score (nSPS) is 18.3.